The maximum absolute atomic E-state index is 13.5. The summed E-state index contributed by atoms with van der Waals surface area (Å²) in [6, 6.07) is 11.3. The zero-order chi connectivity index (χ0) is 26.9. The number of aromatic nitrogens is 2. The van der Waals surface area contributed by atoms with Crippen molar-refractivity contribution in [2.75, 3.05) is 18.4 Å². The Hall–Kier alpha value is -2.36. The molecule has 0 radical (unpaired) electrons. The Balaban J connectivity index is 1.65. The number of rotatable bonds is 4. The number of halogens is 3. The summed E-state index contributed by atoms with van der Waals surface area (Å²) < 4.78 is 9.01. The van der Waals surface area contributed by atoms with Gasteiger partial charge in [0.05, 0.1) is 28.8 Å². The third kappa shape index (κ3) is 6.56. The average molecular weight is 653 g/mol. The Labute approximate surface area is 238 Å². The highest BCUT2D eigenvalue weighted by Crippen LogP contribution is 2.34. The largest absolute Gasteiger partial charge is 0.444 e. The van der Waals surface area contributed by atoms with Crippen LogP contribution in [0.1, 0.15) is 61.1 Å². The molecule has 37 heavy (non-hydrogen) atoms. The van der Waals surface area contributed by atoms with E-state index in [4.69, 9.17) is 16.3 Å². The van der Waals surface area contributed by atoms with Crippen LogP contribution in [-0.4, -0.2) is 45.4 Å². The highest BCUT2D eigenvalue weighted by atomic mass is 79.9. The zero-order valence-electron chi connectivity index (χ0n) is 21.1. The third-order valence-electron chi connectivity index (χ3n) is 6.16. The number of nitrogens with zero attached hydrogens (tertiary/aromatic N) is 3. The minimum Gasteiger partial charge on any atom is -0.444 e. The number of hydrogen-bond acceptors (Lipinski definition) is 4. The summed E-state index contributed by atoms with van der Waals surface area (Å²) >= 11 is 13.4. The number of amides is 2. The van der Waals surface area contributed by atoms with Crippen molar-refractivity contribution in [1.29, 1.82) is 0 Å². The molecule has 0 spiro atoms. The highest BCUT2D eigenvalue weighted by molar-refractivity contribution is 9.11. The van der Waals surface area contributed by atoms with Gasteiger partial charge in [-0.2, -0.15) is 5.10 Å². The van der Waals surface area contributed by atoms with Crippen molar-refractivity contribution in [3.05, 3.63) is 73.4 Å². The van der Waals surface area contributed by atoms with Gasteiger partial charge in [-0.05, 0) is 92.4 Å². The molecular formula is C27H29Br2ClN4O3. The minimum atomic E-state index is -0.552. The van der Waals surface area contributed by atoms with Gasteiger partial charge in [0.2, 0.25) is 0 Å². The highest BCUT2D eigenvalue weighted by Gasteiger charge is 2.32. The van der Waals surface area contributed by atoms with E-state index in [0.717, 1.165) is 25.9 Å². The van der Waals surface area contributed by atoms with Crippen molar-refractivity contribution in [3.63, 3.8) is 0 Å². The normalized spacial score (nSPS) is 14.5. The summed E-state index contributed by atoms with van der Waals surface area (Å²) in [6.07, 6.45) is 2.63. The standard InChI is InChI=1S/C27H29Br2ClN4O3/c1-16-5-7-19(14-22(16)30)34-24(17-9-11-33(12-10-17)26(36)37-27(2,3)4)20(15-31-34)25(35)32-23-8-6-18(28)13-21(23)29/h5-8,13-15,17H,9-12H2,1-4H3,(H,32,35). The van der Waals surface area contributed by atoms with Gasteiger partial charge in [0.15, 0.2) is 0 Å². The van der Waals surface area contributed by atoms with Gasteiger partial charge >= 0.3 is 6.09 Å². The molecule has 0 aliphatic carbocycles. The van der Waals surface area contributed by atoms with Gasteiger partial charge in [0.25, 0.3) is 5.91 Å². The fourth-order valence-corrected chi connectivity index (χ4v) is 5.61. The maximum Gasteiger partial charge on any atom is 0.410 e. The molecule has 2 heterocycles. The summed E-state index contributed by atoms with van der Waals surface area (Å²) in [4.78, 5) is 27.8. The Kier molecular flexibility index (Phi) is 8.35. The lowest BCUT2D eigenvalue weighted by molar-refractivity contribution is 0.0203. The number of hydrogen-bond donors (Lipinski definition) is 1. The lowest BCUT2D eigenvalue weighted by atomic mass is 9.90. The Morgan fingerprint density at radius 2 is 1.81 bits per heavy atom. The summed E-state index contributed by atoms with van der Waals surface area (Å²) in [5.74, 6) is -0.243. The van der Waals surface area contributed by atoms with Crippen LogP contribution in [0, 0.1) is 6.92 Å². The predicted molar refractivity (Wildman–Crippen MR) is 153 cm³/mol. The third-order valence-corrected chi connectivity index (χ3v) is 7.72. The summed E-state index contributed by atoms with van der Waals surface area (Å²) in [5, 5.41) is 8.24. The van der Waals surface area contributed by atoms with E-state index in [1.807, 2.05) is 64.1 Å². The first kappa shape index (κ1) is 27.7. The van der Waals surface area contributed by atoms with E-state index in [-0.39, 0.29) is 17.9 Å². The number of anilines is 1. The van der Waals surface area contributed by atoms with Crippen molar-refractivity contribution in [2.45, 2.75) is 52.1 Å². The number of carbonyl (C=O) groups is 2. The van der Waals surface area contributed by atoms with Gasteiger partial charge < -0.3 is 15.0 Å². The molecule has 0 bridgehead atoms. The van der Waals surface area contributed by atoms with Crippen LogP contribution >= 0.6 is 43.5 Å². The first-order valence-corrected chi connectivity index (χ1v) is 14.0. The Morgan fingerprint density at radius 1 is 1.11 bits per heavy atom. The number of ether oxygens (including phenoxy) is 1. The van der Waals surface area contributed by atoms with E-state index >= 15 is 0 Å². The molecule has 0 atom stereocenters. The smallest absolute Gasteiger partial charge is 0.410 e. The van der Waals surface area contributed by atoms with Crippen LogP contribution in [0.2, 0.25) is 5.02 Å². The lowest BCUT2D eigenvalue weighted by Gasteiger charge is -2.34. The van der Waals surface area contributed by atoms with Crippen LogP contribution in [0.25, 0.3) is 5.69 Å². The second-order valence-electron chi connectivity index (χ2n) is 10.1. The van der Waals surface area contributed by atoms with Gasteiger partial charge in [-0.3, -0.25) is 4.79 Å². The molecule has 1 aliphatic heterocycles. The fourth-order valence-electron chi connectivity index (χ4n) is 4.29. The summed E-state index contributed by atoms with van der Waals surface area (Å²) in [7, 11) is 0. The van der Waals surface area contributed by atoms with Crippen LogP contribution in [0.4, 0.5) is 10.5 Å². The second-order valence-corrected chi connectivity index (χ2v) is 12.3. The first-order valence-electron chi connectivity index (χ1n) is 12.0. The Morgan fingerprint density at radius 3 is 2.43 bits per heavy atom. The molecule has 1 N–H and O–H groups in total. The molecule has 0 saturated carbocycles. The van der Waals surface area contributed by atoms with Crippen LogP contribution in [-0.2, 0) is 4.74 Å². The zero-order valence-corrected chi connectivity index (χ0v) is 25.1. The maximum atomic E-state index is 13.5. The predicted octanol–water partition coefficient (Wildman–Crippen LogP) is 7.73. The van der Waals surface area contributed by atoms with E-state index in [2.05, 4.69) is 42.3 Å². The van der Waals surface area contributed by atoms with E-state index in [1.165, 1.54) is 0 Å². The monoisotopic (exact) mass is 650 g/mol. The molecular weight excluding hydrogens is 624 g/mol. The molecule has 7 nitrogen and oxygen atoms in total. The SMILES string of the molecule is Cc1ccc(-n2ncc(C(=O)Nc3ccc(Br)cc3Br)c2C2CCN(C(=O)OC(C)(C)C)CC2)cc1Cl. The molecule has 10 heteroatoms. The molecule has 2 amide bonds. The molecule has 1 aliphatic rings. The number of nitrogens with one attached hydrogen (secondary N) is 1. The molecule has 2 aromatic carbocycles. The quantitative estimate of drug-likeness (QED) is 0.313. The van der Waals surface area contributed by atoms with Crippen molar-refractivity contribution >= 4 is 61.1 Å². The topological polar surface area (TPSA) is 76.5 Å². The minimum absolute atomic E-state index is 0.00961. The van der Waals surface area contributed by atoms with E-state index < -0.39 is 5.60 Å². The van der Waals surface area contributed by atoms with E-state index in [0.29, 0.717) is 42.2 Å². The number of likely N-dealkylation sites (tertiary alicyclic amines) is 1. The fraction of sp³-hybridized carbons (Fsp3) is 0.370. The van der Waals surface area contributed by atoms with Crippen LogP contribution in [0.15, 0.2) is 51.5 Å². The average Bonchev–Trinajstić information content (AvgIpc) is 3.27. The van der Waals surface area contributed by atoms with Crippen molar-refractivity contribution < 1.29 is 14.3 Å². The molecule has 3 aromatic rings. The van der Waals surface area contributed by atoms with Gasteiger partial charge in [-0.1, -0.05) is 33.6 Å². The molecule has 1 saturated heterocycles. The number of carbonyl (C=O) groups excluding carboxylic acids is 2. The number of piperidine rings is 1. The van der Waals surface area contributed by atoms with Crippen LogP contribution < -0.4 is 5.32 Å². The molecule has 0 unspecified atom stereocenters. The van der Waals surface area contributed by atoms with Gasteiger partial charge in [-0.25, -0.2) is 9.48 Å². The molecule has 1 fully saturated rings. The van der Waals surface area contributed by atoms with Crippen molar-refractivity contribution in [1.82, 2.24) is 14.7 Å². The van der Waals surface area contributed by atoms with Crippen molar-refractivity contribution in [3.8, 4) is 5.69 Å². The van der Waals surface area contributed by atoms with Gasteiger partial charge in [0, 0.05) is 33.0 Å². The van der Waals surface area contributed by atoms with Gasteiger partial charge in [0.1, 0.15) is 5.60 Å². The lowest BCUT2D eigenvalue weighted by Crippen LogP contribution is -2.41. The molecule has 4 rings (SSSR count). The Bertz CT molecular complexity index is 1330. The molecule has 196 valence electrons. The molecule has 1 aromatic heterocycles. The number of aryl methyl sites for hydroxylation is 1. The first-order chi connectivity index (χ1) is 17.4. The van der Waals surface area contributed by atoms with E-state index in [1.54, 1.807) is 15.8 Å². The van der Waals surface area contributed by atoms with Crippen molar-refractivity contribution in [2.24, 2.45) is 0 Å². The van der Waals surface area contributed by atoms with Gasteiger partial charge in [-0.15, -0.1) is 0 Å². The summed E-state index contributed by atoms with van der Waals surface area (Å²) in [5.41, 5.74) is 3.14. The van der Waals surface area contributed by atoms with Crippen LogP contribution in [0.5, 0.6) is 0 Å². The summed E-state index contributed by atoms with van der Waals surface area (Å²) in [6.45, 7) is 8.57. The van der Waals surface area contributed by atoms with E-state index in [9.17, 15) is 9.59 Å². The van der Waals surface area contributed by atoms with Crippen LogP contribution in [0.3, 0.4) is 0 Å². The number of benzene rings is 2. The second kappa shape index (κ2) is 11.2.